The largest absolute Gasteiger partial charge is 0.322 e. The molecule has 2 nitrogen and oxygen atoms in total. The highest BCUT2D eigenvalue weighted by molar-refractivity contribution is 5.10. The van der Waals surface area contributed by atoms with Crippen LogP contribution in [0.25, 0.3) is 0 Å². The summed E-state index contributed by atoms with van der Waals surface area (Å²) >= 11 is 0. The second-order valence-corrected chi connectivity index (χ2v) is 3.12. The van der Waals surface area contributed by atoms with Gasteiger partial charge in [0.15, 0.2) is 0 Å². The molecule has 2 heteroatoms. The van der Waals surface area contributed by atoms with Gasteiger partial charge in [-0.05, 0) is 30.9 Å². The molecule has 1 heterocycles. The highest BCUT2D eigenvalue weighted by Gasteiger charge is 2.29. The maximum atomic E-state index is 5.94. The predicted octanol–water partition coefficient (Wildman–Crippen LogP) is 1.49. The molecule has 0 aliphatic heterocycles. The maximum Gasteiger partial charge on any atom is 0.0573 e. The fourth-order valence-corrected chi connectivity index (χ4v) is 1.27. The van der Waals surface area contributed by atoms with Crippen molar-refractivity contribution in [2.24, 2.45) is 11.7 Å². The normalized spacial score (nSPS) is 19.7. The Bertz CT molecular complexity index is 229. The molecule has 0 bridgehead atoms. The van der Waals surface area contributed by atoms with Crippen molar-refractivity contribution in [2.75, 3.05) is 0 Å². The van der Waals surface area contributed by atoms with Gasteiger partial charge in [-0.1, -0.05) is 6.07 Å². The summed E-state index contributed by atoms with van der Waals surface area (Å²) in [5.41, 5.74) is 6.97. The third-order valence-electron chi connectivity index (χ3n) is 2.16. The molecule has 0 spiro atoms. The number of nitrogens with two attached hydrogens (primary N) is 1. The van der Waals surface area contributed by atoms with E-state index in [1.165, 1.54) is 12.8 Å². The van der Waals surface area contributed by atoms with Crippen LogP contribution in [0.5, 0.6) is 0 Å². The minimum atomic E-state index is 0.177. The van der Waals surface area contributed by atoms with Crippen molar-refractivity contribution in [1.82, 2.24) is 4.98 Å². The van der Waals surface area contributed by atoms with Crippen LogP contribution in [0.3, 0.4) is 0 Å². The summed E-state index contributed by atoms with van der Waals surface area (Å²) in [4.78, 5) is 4.21. The lowest BCUT2D eigenvalue weighted by Crippen LogP contribution is -2.13. The van der Waals surface area contributed by atoms with E-state index in [2.05, 4.69) is 4.98 Å². The number of pyridine rings is 1. The number of hydrogen-bond donors (Lipinski definition) is 1. The van der Waals surface area contributed by atoms with E-state index in [-0.39, 0.29) is 6.04 Å². The first-order valence-electron chi connectivity index (χ1n) is 4.04. The number of nitrogens with zero attached hydrogens (tertiary/aromatic N) is 1. The molecule has 0 saturated heterocycles. The first-order valence-corrected chi connectivity index (χ1v) is 4.04. The molecule has 0 amide bonds. The van der Waals surface area contributed by atoms with Crippen molar-refractivity contribution in [3.63, 3.8) is 0 Å². The summed E-state index contributed by atoms with van der Waals surface area (Å²) < 4.78 is 0. The lowest BCUT2D eigenvalue weighted by atomic mass is 10.1. The quantitative estimate of drug-likeness (QED) is 0.690. The molecule has 2 rings (SSSR count). The van der Waals surface area contributed by atoms with Crippen LogP contribution >= 0.6 is 0 Å². The molecule has 0 aromatic carbocycles. The molecule has 1 aliphatic rings. The van der Waals surface area contributed by atoms with Gasteiger partial charge in [0.25, 0.3) is 0 Å². The number of aromatic nitrogens is 1. The van der Waals surface area contributed by atoms with E-state index in [4.69, 9.17) is 5.73 Å². The molecule has 1 fully saturated rings. The van der Waals surface area contributed by atoms with Crippen molar-refractivity contribution in [2.45, 2.75) is 18.9 Å². The van der Waals surface area contributed by atoms with Gasteiger partial charge in [0, 0.05) is 12.2 Å². The third-order valence-corrected chi connectivity index (χ3v) is 2.16. The molecule has 1 aromatic rings. The van der Waals surface area contributed by atoms with Crippen molar-refractivity contribution < 1.29 is 0 Å². The smallest absolute Gasteiger partial charge is 0.0573 e. The van der Waals surface area contributed by atoms with Crippen LogP contribution in [0.1, 0.15) is 24.6 Å². The first-order chi connectivity index (χ1) is 5.38. The Labute approximate surface area is 66.4 Å². The molecule has 1 unspecified atom stereocenters. The van der Waals surface area contributed by atoms with E-state index < -0.39 is 0 Å². The van der Waals surface area contributed by atoms with Gasteiger partial charge in [0.05, 0.1) is 5.69 Å². The zero-order valence-corrected chi connectivity index (χ0v) is 6.40. The average Bonchev–Trinajstić information content (AvgIpc) is 2.87. The number of hydrogen-bond acceptors (Lipinski definition) is 2. The van der Waals surface area contributed by atoms with Crippen LogP contribution in [0, 0.1) is 5.92 Å². The zero-order valence-electron chi connectivity index (χ0n) is 6.40. The molecule has 2 N–H and O–H groups in total. The number of rotatable bonds is 2. The molecule has 58 valence electrons. The van der Waals surface area contributed by atoms with E-state index in [9.17, 15) is 0 Å². The van der Waals surface area contributed by atoms with Gasteiger partial charge in [-0.2, -0.15) is 0 Å². The lowest BCUT2D eigenvalue weighted by molar-refractivity contribution is 0.615. The lowest BCUT2D eigenvalue weighted by Gasteiger charge is -2.07. The Hall–Kier alpha value is -0.890. The van der Waals surface area contributed by atoms with Crippen molar-refractivity contribution in [3.05, 3.63) is 30.1 Å². The summed E-state index contributed by atoms with van der Waals surface area (Å²) in [7, 11) is 0. The van der Waals surface area contributed by atoms with Gasteiger partial charge in [-0.25, -0.2) is 0 Å². The van der Waals surface area contributed by atoms with E-state index >= 15 is 0 Å². The van der Waals surface area contributed by atoms with E-state index in [0.717, 1.165) is 5.69 Å². The van der Waals surface area contributed by atoms with Crippen LogP contribution < -0.4 is 5.73 Å². The van der Waals surface area contributed by atoms with Crippen LogP contribution in [0.2, 0.25) is 0 Å². The molecule has 11 heavy (non-hydrogen) atoms. The monoisotopic (exact) mass is 148 g/mol. The Kier molecular flexibility index (Phi) is 1.62. The van der Waals surface area contributed by atoms with Gasteiger partial charge in [-0.3, -0.25) is 4.98 Å². The van der Waals surface area contributed by atoms with Gasteiger partial charge < -0.3 is 5.73 Å². The van der Waals surface area contributed by atoms with E-state index in [1.807, 2.05) is 18.2 Å². The molecule has 1 aliphatic carbocycles. The fourth-order valence-electron chi connectivity index (χ4n) is 1.27. The molecule has 1 aromatic heterocycles. The van der Waals surface area contributed by atoms with Crippen LogP contribution in [-0.4, -0.2) is 4.98 Å². The second-order valence-electron chi connectivity index (χ2n) is 3.12. The Balaban J connectivity index is 2.15. The van der Waals surface area contributed by atoms with Crippen LogP contribution in [-0.2, 0) is 0 Å². The Morgan fingerprint density at radius 1 is 1.45 bits per heavy atom. The van der Waals surface area contributed by atoms with Gasteiger partial charge in [-0.15, -0.1) is 0 Å². The first kappa shape index (κ1) is 6.80. The van der Waals surface area contributed by atoms with Gasteiger partial charge in [0.2, 0.25) is 0 Å². The summed E-state index contributed by atoms with van der Waals surface area (Å²) in [6.45, 7) is 0. The summed E-state index contributed by atoms with van der Waals surface area (Å²) in [5, 5.41) is 0. The molecule has 1 saturated carbocycles. The Morgan fingerprint density at radius 2 is 2.27 bits per heavy atom. The van der Waals surface area contributed by atoms with Crippen LogP contribution in [0.4, 0.5) is 0 Å². The third kappa shape index (κ3) is 1.40. The van der Waals surface area contributed by atoms with E-state index in [1.54, 1.807) is 6.20 Å². The molecule has 1 atom stereocenters. The topological polar surface area (TPSA) is 38.9 Å². The van der Waals surface area contributed by atoms with Crippen molar-refractivity contribution in [3.8, 4) is 0 Å². The highest BCUT2D eigenvalue weighted by Crippen LogP contribution is 2.38. The molecule has 0 radical (unpaired) electrons. The summed E-state index contributed by atoms with van der Waals surface area (Å²) in [6, 6.07) is 6.09. The van der Waals surface area contributed by atoms with Gasteiger partial charge >= 0.3 is 0 Å². The summed E-state index contributed by atoms with van der Waals surface area (Å²) in [6.07, 6.45) is 4.35. The van der Waals surface area contributed by atoms with Gasteiger partial charge in [0.1, 0.15) is 0 Å². The Morgan fingerprint density at radius 3 is 2.82 bits per heavy atom. The minimum Gasteiger partial charge on any atom is -0.322 e. The fraction of sp³-hybridized carbons (Fsp3) is 0.444. The predicted molar refractivity (Wildman–Crippen MR) is 43.9 cm³/mol. The highest BCUT2D eigenvalue weighted by atomic mass is 14.8. The maximum absolute atomic E-state index is 5.94. The summed E-state index contributed by atoms with van der Waals surface area (Å²) in [5.74, 6) is 0.699. The standard InChI is InChI=1S/C9H12N2/c10-9(7-4-5-7)8-3-1-2-6-11-8/h1-3,6-7,9H,4-5,10H2. The average molecular weight is 148 g/mol. The molecular formula is C9H12N2. The van der Waals surface area contributed by atoms with Crippen molar-refractivity contribution >= 4 is 0 Å². The van der Waals surface area contributed by atoms with Crippen LogP contribution in [0.15, 0.2) is 24.4 Å². The SMILES string of the molecule is NC(c1ccccn1)C1CC1. The second kappa shape index (κ2) is 2.62. The van der Waals surface area contributed by atoms with Crippen molar-refractivity contribution in [1.29, 1.82) is 0 Å². The van der Waals surface area contributed by atoms with E-state index in [0.29, 0.717) is 5.92 Å². The minimum absolute atomic E-state index is 0.177. The zero-order chi connectivity index (χ0) is 7.68. The molecular weight excluding hydrogens is 136 g/mol.